The maximum atomic E-state index is 11.8. The van der Waals surface area contributed by atoms with Gasteiger partial charge in [-0.3, -0.25) is 9.59 Å². The number of carbonyl (C=O) groups is 2. The van der Waals surface area contributed by atoms with Crippen LogP contribution in [-0.2, 0) is 22.4 Å². The summed E-state index contributed by atoms with van der Waals surface area (Å²) in [6.45, 7) is 0.975. The van der Waals surface area contributed by atoms with Crippen LogP contribution in [0.5, 0.6) is 0 Å². The smallest absolute Gasteiger partial charge is 0.229 e. The van der Waals surface area contributed by atoms with E-state index in [0.29, 0.717) is 37.3 Å². The summed E-state index contributed by atoms with van der Waals surface area (Å²) in [7, 11) is 0. The van der Waals surface area contributed by atoms with Gasteiger partial charge in [-0.05, 0) is 48.2 Å². The number of hydrogen-bond acceptors (Lipinski definition) is 4. The van der Waals surface area contributed by atoms with Crippen molar-refractivity contribution in [3.05, 3.63) is 59.7 Å². The molecular weight excluding hydrogens is 316 g/mol. The lowest BCUT2D eigenvalue weighted by molar-refractivity contribution is -0.129. The van der Waals surface area contributed by atoms with Crippen molar-refractivity contribution in [2.45, 2.75) is 19.3 Å². The Bertz CT molecular complexity index is 635. The molecule has 0 aliphatic heterocycles. The number of nitrogens with two attached hydrogens (primary N) is 2. The Morgan fingerprint density at radius 1 is 0.680 bits per heavy atom. The second-order valence-electron chi connectivity index (χ2n) is 5.86. The SMILES string of the molecule is Nc1ccc(CCNC(=O)CC(=O)NCCc2ccc(N)cc2)cc1. The van der Waals surface area contributed by atoms with Crippen LogP contribution in [-0.4, -0.2) is 24.9 Å². The van der Waals surface area contributed by atoms with E-state index in [1.807, 2.05) is 48.5 Å². The first-order valence-electron chi connectivity index (χ1n) is 8.25. The maximum absolute atomic E-state index is 11.8. The van der Waals surface area contributed by atoms with Crippen molar-refractivity contribution in [1.29, 1.82) is 0 Å². The van der Waals surface area contributed by atoms with Gasteiger partial charge >= 0.3 is 0 Å². The highest BCUT2D eigenvalue weighted by atomic mass is 16.2. The van der Waals surface area contributed by atoms with Gasteiger partial charge in [-0.15, -0.1) is 0 Å². The van der Waals surface area contributed by atoms with Crippen LogP contribution in [0.3, 0.4) is 0 Å². The molecule has 6 heteroatoms. The highest BCUT2D eigenvalue weighted by Crippen LogP contribution is 2.06. The van der Waals surface area contributed by atoms with Crippen LogP contribution in [0.2, 0.25) is 0 Å². The van der Waals surface area contributed by atoms with E-state index in [0.717, 1.165) is 11.1 Å². The Morgan fingerprint density at radius 3 is 1.40 bits per heavy atom. The Hall–Kier alpha value is -3.02. The van der Waals surface area contributed by atoms with Crippen molar-refractivity contribution < 1.29 is 9.59 Å². The lowest BCUT2D eigenvalue weighted by Gasteiger charge is -2.07. The molecule has 0 aromatic heterocycles. The molecule has 25 heavy (non-hydrogen) atoms. The molecule has 2 rings (SSSR count). The zero-order valence-corrected chi connectivity index (χ0v) is 14.1. The van der Waals surface area contributed by atoms with Gasteiger partial charge in [0.25, 0.3) is 0 Å². The Balaban J connectivity index is 1.60. The predicted octanol–water partition coefficient (Wildman–Crippen LogP) is 1.26. The monoisotopic (exact) mass is 340 g/mol. The Kier molecular flexibility index (Phi) is 6.83. The molecule has 0 aliphatic carbocycles. The molecule has 0 aliphatic rings. The number of rotatable bonds is 8. The third-order valence-corrected chi connectivity index (χ3v) is 3.75. The molecule has 0 atom stereocenters. The highest BCUT2D eigenvalue weighted by molar-refractivity contribution is 5.96. The van der Waals surface area contributed by atoms with Crippen LogP contribution in [0.25, 0.3) is 0 Å². The van der Waals surface area contributed by atoms with E-state index in [1.54, 1.807) is 0 Å². The molecule has 0 saturated heterocycles. The molecule has 0 heterocycles. The summed E-state index contributed by atoms with van der Waals surface area (Å²) in [6, 6.07) is 15.0. The molecule has 0 spiro atoms. The van der Waals surface area contributed by atoms with Crippen LogP contribution >= 0.6 is 0 Å². The number of carbonyl (C=O) groups excluding carboxylic acids is 2. The minimum atomic E-state index is -0.277. The van der Waals surface area contributed by atoms with Gasteiger partial charge in [0.15, 0.2) is 0 Å². The summed E-state index contributed by atoms with van der Waals surface area (Å²) < 4.78 is 0. The van der Waals surface area contributed by atoms with Crippen LogP contribution < -0.4 is 22.1 Å². The molecule has 2 amide bonds. The lowest BCUT2D eigenvalue weighted by Crippen LogP contribution is -2.33. The summed E-state index contributed by atoms with van der Waals surface area (Å²) in [5.74, 6) is -0.555. The highest BCUT2D eigenvalue weighted by Gasteiger charge is 2.08. The number of nitrogen functional groups attached to an aromatic ring is 2. The van der Waals surface area contributed by atoms with Crippen molar-refractivity contribution in [3.8, 4) is 0 Å². The molecule has 2 aromatic carbocycles. The summed E-state index contributed by atoms with van der Waals surface area (Å²) in [5.41, 5.74) is 14.8. The summed E-state index contributed by atoms with van der Waals surface area (Å²) in [6.07, 6.45) is 1.24. The molecule has 0 fully saturated rings. The Labute approximate surface area is 147 Å². The third-order valence-electron chi connectivity index (χ3n) is 3.75. The van der Waals surface area contributed by atoms with E-state index >= 15 is 0 Å². The first kappa shape index (κ1) is 18.3. The number of nitrogens with one attached hydrogen (secondary N) is 2. The van der Waals surface area contributed by atoms with E-state index in [-0.39, 0.29) is 18.2 Å². The molecule has 0 saturated carbocycles. The molecule has 6 nitrogen and oxygen atoms in total. The fourth-order valence-electron chi connectivity index (χ4n) is 2.33. The van der Waals surface area contributed by atoms with Gasteiger partial charge in [-0.25, -0.2) is 0 Å². The minimum Gasteiger partial charge on any atom is -0.399 e. The molecule has 132 valence electrons. The quantitative estimate of drug-likeness (QED) is 0.428. The maximum Gasteiger partial charge on any atom is 0.229 e. The average molecular weight is 340 g/mol. The average Bonchev–Trinajstić information content (AvgIpc) is 2.58. The van der Waals surface area contributed by atoms with Crippen molar-refractivity contribution in [2.75, 3.05) is 24.6 Å². The molecule has 0 bridgehead atoms. The molecular formula is C19H24N4O2. The summed E-state index contributed by atoms with van der Waals surface area (Å²) >= 11 is 0. The fourth-order valence-corrected chi connectivity index (χ4v) is 2.33. The van der Waals surface area contributed by atoms with Gasteiger partial charge in [-0.1, -0.05) is 24.3 Å². The normalized spacial score (nSPS) is 10.2. The molecule has 0 radical (unpaired) electrons. The van der Waals surface area contributed by atoms with Gasteiger partial charge < -0.3 is 22.1 Å². The fraction of sp³-hybridized carbons (Fsp3) is 0.263. The van der Waals surface area contributed by atoms with Crippen molar-refractivity contribution in [1.82, 2.24) is 10.6 Å². The van der Waals surface area contributed by atoms with Crippen LogP contribution in [0.4, 0.5) is 11.4 Å². The van der Waals surface area contributed by atoms with Gasteiger partial charge in [0.2, 0.25) is 11.8 Å². The van der Waals surface area contributed by atoms with E-state index < -0.39 is 0 Å². The number of hydrogen-bond donors (Lipinski definition) is 4. The van der Waals surface area contributed by atoms with Gasteiger partial charge in [0.1, 0.15) is 6.42 Å². The van der Waals surface area contributed by atoms with Gasteiger partial charge in [-0.2, -0.15) is 0 Å². The first-order valence-corrected chi connectivity index (χ1v) is 8.25. The van der Waals surface area contributed by atoms with Gasteiger partial charge in [0.05, 0.1) is 0 Å². The third kappa shape index (κ3) is 6.95. The number of amides is 2. The molecule has 6 N–H and O–H groups in total. The van der Waals surface area contributed by atoms with Crippen molar-refractivity contribution in [2.24, 2.45) is 0 Å². The van der Waals surface area contributed by atoms with Gasteiger partial charge in [0, 0.05) is 24.5 Å². The number of anilines is 2. The van der Waals surface area contributed by atoms with E-state index in [4.69, 9.17) is 11.5 Å². The van der Waals surface area contributed by atoms with Crippen molar-refractivity contribution >= 4 is 23.2 Å². The topological polar surface area (TPSA) is 110 Å². The van der Waals surface area contributed by atoms with E-state index in [9.17, 15) is 9.59 Å². The van der Waals surface area contributed by atoms with Crippen LogP contribution in [0.1, 0.15) is 17.5 Å². The second-order valence-corrected chi connectivity index (χ2v) is 5.86. The predicted molar refractivity (Wildman–Crippen MR) is 99.8 cm³/mol. The molecule has 0 unspecified atom stereocenters. The van der Waals surface area contributed by atoms with Crippen molar-refractivity contribution in [3.63, 3.8) is 0 Å². The standard InChI is InChI=1S/C19H24N4O2/c20-16-5-1-14(2-6-16)9-11-22-18(24)13-19(25)23-12-10-15-3-7-17(21)8-4-15/h1-8H,9-13,20-21H2,(H,22,24)(H,23,25). The van der Waals surface area contributed by atoms with Crippen LogP contribution in [0, 0.1) is 0 Å². The van der Waals surface area contributed by atoms with E-state index in [2.05, 4.69) is 10.6 Å². The largest absolute Gasteiger partial charge is 0.399 e. The zero-order valence-electron chi connectivity index (χ0n) is 14.1. The zero-order chi connectivity index (χ0) is 18.1. The minimum absolute atomic E-state index is 0.163. The second kappa shape index (κ2) is 9.32. The first-order chi connectivity index (χ1) is 12.0. The van der Waals surface area contributed by atoms with Crippen LogP contribution in [0.15, 0.2) is 48.5 Å². The number of benzene rings is 2. The molecule has 2 aromatic rings. The summed E-state index contributed by atoms with van der Waals surface area (Å²) in [5, 5.41) is 5.49. The Morgan fingerprint density at radius 2 is 1.04 bits per heavy atom. The summed E-state index contributed by atoms with van der Waals surface area (Å²) in [4.78, 5) is 23.5. The van der Waals surface area contributed by atoms with E-state index in [1.165, 1.54) is 0 Å². The lowest BCUT2D eigenvalue weighted by atomic mass is 10.1.